The Morgan fingerprint density at radius 3 is 2.24 bits per heavy atom. The highest BCUT2D eigenvalue weighted by molar-refractivity contribution is 5.98. The van der Waals surface area contributed by atoms with Gasteiger partial charge in [0, 0.05) is 29.8 Å². The lowest BCUT2D eigenvalue weighted by Crippen LogP contribution is -2.50. The molecule has 1 atom stereocenters. The number of ether oxygens (including phenoxy) is 1. The number of hydrogen-bond donors (Lipinski definition) is 2. The van der Waals surface area contributed by atoms with Crippen molar-refractivity contribution in [1.29, 1.82) is 0 Å². The predicted molar refractivity (Wildman–Crippen MR) is 125 cm³/mol. The smallest absolute Gasteiger partial charge is 0.254 e. The second kappa shape index (κ2) is 10.7. The summed E-state index contributed by atoms with van der Waals surface area (Å²) in [6.45, 7) is 0.484. The Bertz CT molecular complexity index is 1030. The fourth-order valence-electron chi connectivity index (χ4n) is 4.76. The van der Waals surface area contributed by atoms with Crippen LogP contribution in [-0.4, -0.2) is 54.4 Å². The summed E-state index contributed by atoms with van der Waals surface area (Å²) >= 11 is 0. The fourth-order valence-corrected chi connectivity index (χ4v) is 4.76. The molecule has 0 bridgehead atoms. The Balaban J connectivity index is 1.26. The van der Waals surface area contributed by atoms with Crippen molar-refractivity contribution in [3.63, 3.8) is 0 Å². The van der Waals surface area contributed by atoms with Crippen LogP contribution in [0.4, 0.5) is 4.39 Å². The van der Waals surface area contributed by atoms with Crippen LogP contribution in [0.15, 0.2) is 48.5 Å². The molecule has 0 unspecified atom stereocenters. The molecule has 1 aliphatic heterocycles. The van der Waals surface area contributed by atoms with Gasteiger partial charge in [-0.1, -0.05) is 6.07 Å². The topological polar surface area (TPSA) is 87.7 Å². The maximum atomic E-state index is 13.5. The van der Waals surface area contributed by atoms with Crippen molar-refractivity contribution in [3.8, 4) is 5.75 Å². The van der Waals surface area contributed by atoms with E-state index >= 15 is 0 Å². The van der Waals surface area contributed by atoms with E-state index in [1.807, 2.05) is 0 Å². The zero-order valence-electron chi connectivity index (χ0n) is 19.3. The number of hydrogen-bond acceptors (Lipinski definition) is 4. The Kier molecular flexibility index (Phi) is 7.45. The largest absolute Gasteiger partial charge is 0.497 e. The molecule has 2 N–H and O–H groups in total. The number of nitrogens with zero attached hydrogens (tertiary/aromatic N) is 1. The highest BCUT2D eigenvalue weighted by atomic mass is 19.1. The third-order valence-electron chi connectivity index (χ3n) is 6.65. The van der Waals surface area contributed by atoms with Gasteiger partial charge < -0.3 is 20.3 Å². The van der Waals surface area contributed by atoms with E-state index < -0.39 is 11.9 Å². The minimum atomic E-state index is -0.539. The summed E-state index contributed by atoms with van der Waals surface area (Å²) in [5.41, 5.74) is 0.841. The first kappa shape index (κ1) is 23.7. The van der Waals surface area contributed by atoms with Gasteiger partial charge in [-0.2, -0.15) is 0 Å². The van der Waals surface area contributed by atoms with Gasteiger partial charge in [-0.3, -0.25) is 14.4 Å². The van der Waals surface area contributed by atoms with E-state index in [1.54, 1.807) is 42.3 Å². The van der Waals surface area contributed by atoms with E-state index in [0.29, 0.717) is 24.3 Å². The fraction of sp³-hybridized carbons (Fsp3) is 0.423. The molecule has 2 aromatic carbocycles. The molecule has 7 nitrogen and oxygen atoms in total. The van der Waals surface area contributed by atoms with Crippen LogP contribution >= 0.6 is 0 Å². The quantitative estimate of drug-likeness (QED) is 0.683. The van der Waals surface area contributed by atoms with Crippen molar-refractivity contribution in [2.75, 3.05) is 13.7 Å². The molecule has 2 aliphatic rings. The number of rotatable bonds is 6. The summed E-state index contributed by atoms with van der Waals surface area (Å²) in [4.78, 5) is 39.8. The molecule has 1 heterocycles. The van der Waals surface area contributed by atoms with Crippen molar-refractivity contribution in [1.82, 2.24) is 15.5 Å². The van der Waals surface area contributed by atoms with Gasteiger partial charge in [0.1, 0.15) is 17.6 Å². The number of amides is 3. The standard InChI is InChI=1S/C26H30FN3O4/c1-34-22-13-7-17(8-14-22)24(31)28-20-9-11-21(12-10-20)29-25(32)23-6-3-15-30(23)26(33)18-4-2-5-19(27)16-18/h2,4-5,7-8,13-14,16,20-21,23H,3,6,9-12,15H2,1H3,(H,28,31)(H,29,32)/t20?,21?,23-/m1/s1. The Labute approximate surface area is 198 Å². The molecule has 2 fully saturated rings. The van der Waals surface area contributed by atoms with Crippen LogP contribution in [0, 0.1) is 5.82 Å². The van der Waals surface area contributed by atoms with Crippen LogP contribution < -0.4 is 15.4 Å². The predicted octanol–water partition coefficient (Wildman–Crippen LogP) is 3.30. The molecule has 4 rings (SSSR count). The normalized spacial score (nSPS) is 22.2. The van der Waals surface area contributed by atoms with E-state index in [4.69, 9.17) is 4.74 Å². The molecule has 1 aliphatic carbocycles. The number of likely N-dealkylation sites (tertiary alicyclic amines) is 1. The zero-order valence-corrected chi connectivity index (χ0v) is 19.3. The third-order valence-corrected chi connectivity index (χ3v) is 6.65. The van der Waals surface area contributed by atoms with E-state index in [2.05, 4.69) is 10.6 Å². The van der Waals surface area contributed by atoms with Crippen LogP contribution in [0.1, 0.15) is 59.2 Å². The first-order chi connectivity index (χ1) is 16.4. The highest BCUT2D eigenvalue weighted by Gasteiger charge is 2.36. The van der Waals surface area contributed by atoms with Crippen LogP contribution in [0.5, 0.6) is 5.75 Å². The molecule has 2 aromatic rings. The molecule has 0 spiro atoms. The second-order valence-corrected chi connectivity index (χ2v) is 8.93. The Hall–Kier alpha value is -3.42. The maximum Gasteiger partial charge on any atom is 0.254 e. The molecule has 0 aromatic heterocycles. The first-order valence-electron chi connectivity index (χ1n) is 11.8. The monoisotopic (exact) mass is 467 g/mol. The molecule has 180 valence electrons. The van der Waals surface area contributed by atoms with E-state index in [0.717, 1.165) is 32.1 Å². The van der Waals surface area contributed by atoms with E-state index in [-0.39, 0.29) is 35.4 Å². The van der Waals surface area contributed by atoms with Gasteiger partial charge in [0.05, 0.1) is 7.11 Å². The summed E-state index contributed by atoms with van der Waals surface area (Å²) < 4.78 is 18.7. The molecule has 1 saturated heterocycles. The van der Waals surface area contributed by atoms with Crippen molar-refractivity contribution in [2.24, 2.45) is 0 Å². The van der Waals surface area contributed by atoms with Gasteiger partial charge in [-0.25, -0.2) is 4.39 Å². The molecule has 0 radical (unpaired) electrons. The average Bonchev–Trinajstić information content (AvgIpc) is 3.35. The van der Waals surface area contributed by atoms with Gasteiger partial charge in [0.2, 0.25) is 5.91 Å². The summed E-state index contributed by atoms with van der Waals surface area (Å²) in [7, 11) is 1.58. The van der Waals surface area contributed by atoms with E-state index in [1.165, 1.54) is 18.2 Å². The molecule has 3 amide bonds. The highest BCUT2D eigenvalue weighted by Crippen LogP contribution is 2.23. The van der Waals surface area contributed by atoms with Gasteiger partial charge in [-0.05, 0) is 81.0 Å². The van der Waals surface area contributed by atoms with Crippen molar-refractivity contribution in [2.45, 2.75) is 56.7 Å². The van der Waals surface area contributed by atoms with Crippen LogP contribution in [0.3, 0.4) is 0 Å². The Morgan fingerprint density at radius 2 is 1.59 bits per heavy atom. The third kappa shape index (κ3) is 5.55. The lowest BCUT2D eigenvalue weighted by atomic mass is 9.90. The molecule has 8 heteroatoms. The number of benzene rings is 2. The van der Waals surface area contributed by atoms with Gasteiger partial charge in [0.25, 0.3) is 11.8 Å². The summed E-state index contributed by atoms with van der Waals surface area (Å²) in [5, 5.41) is 6.16. The molecule has 34 heavy (non-hydrogen) atoms. The average molecular weight is 468 g/mol. The van der Waals surface area contributed by atoms with E-state index in [9.17, 15) is 18.8 Å². The number of halogens is 1. The number of methoxy groups -OCH3 is 1. The number of carbonyl (C=O) groups excluding carboxylic acids is 3. The van der Waals surface area contributed by atoms with Crippen LogP contribution in [0.25, 0.3) is 0 Å². The SMILES string of the molecule is COc1ccc(C(=O)NC2CCC(NC(=O)[C@H]3CCCN3C(=O)c3cccc(F)c3)CC2)cc1. The van der Waals surface area contributed by atoms with Crippen LogP contribution in [-0.2, 0) is 4.79 Å². The lowest BCUT2D eigenvalue weighted by Gasteiger charge is -2.31. The Morgan fingerprint density at radius 1 is 0.912 bits per heavy atom. The molecule has 1 saturated carbocycles. The zero-order chi connectivity index (χ0) is 24.1. The second-order valence-electron chi connectivity index (χ2n) is 8.93. The van der Waals surface area contributed by atoms with Gasteiger partial charge in [-0.15, -0.1) is 0 Å². The molecular weight excluding hydrogens is 437 g/mol. The van der Waals surface area contributed by atoms with Crippen molar-refractivity contribution < 1.29 is 23.5 Å². The minimum absolute atomic E-state index is 0.00774. The van der Waals surface area contributed by atoms with Crippen LogP contribution in [0.2, 0.25) is 0 Å². The first-order valence-corrected chi connectivity index (χ1v) is 11.8. The summed E-state index contributed by atoms with van der Waals surface area (Å²) in [5.74, 6) is -0.365. The summed E-state index contributed by atoms with van der Waals surface area (Å²) in [6.07, 6.45) is 4.38. The van der Waals surface area contributed by atoms with Gasteiger partial charge >= 0.3 is 0 Å². The molecular formula is C26H30FN3O4. The number of nitrogens with one attached hydrogen (secondary N) is 2. The number of carbonyl (C=O) groups is 3. The van der Waals surface area contributed by atoms with Crippen molar-refractivity contribution in [3.05, 3.63) is 65.5 Å². The minimum Gasteiger partial charge on any atom is -0.497 e. The maximum absolute atomic E-state index is 13.5. The van der Waals surface area contributed by atoms with Crippen molar-refractivity contribution >= 4 is 17.7 Å². The lowest BCUT2D eigenvalue weighted by molar-refractivity contribution is -0.125. The summed E-state index contributed by atoms with van der Waals surface area (Å²) in [6, 6.07) is 12.1. The van der Waals surface area contributed by atoms with Gasteiger partial charge in [0.15, 0.2) is 0 Å².